The summed E-state index contributed by atoms with van der Waals surface area (Å²) in [5.74, 6) is 1.53. The Morgan fingerprint density at radius 2 is 1.84 bits per heavy atom. The lowest BCUT2D eigenvalue weighted by Crippen LogP contribution is -2.47. The van der Waals surface area contributed by atoms with E-state index < -0.39 is 0 Å². The van der Waals surface area contributed by atoms with Gasteiger partial charge in [0, 0.05) is 38.3 Å². The predicted molar refractivity (Wildman–Crippen MR) is 119 cm³/mol. The highest BCUT2D eigenvalue weighted by Gasteiger charge is 2.23. The molecule has 2 aromatic heterocycles. The van der Waals surface area contributed by atoms with E-state index >= 15 is 0 Å². The molecule has 1 saturated heterocycles. The molecule has 0 spiro atoms. The van der Waals surface area contributed by atoms with Crippen molar-refractivity contribution in [3.63, 3.8) is 0 Å². The highest BCUT2D eigenvalue weighted by atomic mass is 19.1. The molecule has 2 aromatic carbocycles. The first-order valence-corrected chi connectivity index (χ1v) is 10.5. The number of anilines is 2. The molecule has 4 aromatic rings. The number of piperazine rings is 1. The van der Waals surface area contributed by atoms with Crippen molar-refractivity contribution in [3.8, 4) is 11.6 Å². The van der Waals surface area contributed by atoms with Crippen LogP contribution in [0, 0.1) is 5.82 Å². The van der Waals surface area contributed by atoms with Gasteiger partial charge in [0.25, 0.3) is 6.01 Å². The molecule has 32 heavy (non-hydrogen) atoms. The largest absolute Gasteiger partial charge is 0.436 e. The SMILES string of the molecule is C[C@@H](c1ccc(F)cc1)N1CCN(c2cc(Oc3cccc4oc(N)nc34)ncn2)CC1. The van der Waals surface area contributed by atoms with Crippen molar-refractivity contribution in [1.29, 1.82) is 0 Å². The minimum atomic E-state index is -0.212. The quantitative estimate of drug-likeness (QED) is 0.504. The van der Waals surface area contributed by atoms with Gasteiger partial charge in [0.05, 0.1) is 0 Å². The van der Waals surface area contributed by atoms with Crippen molar-refractivity contribution in [1.82, 2.24) is 19.9 Å². The molecule has 3 heterocycles. The number of nitrogen functional groups attached to an aromatic ring is 1. The van der Waals surface area contributed by atoms with E-state index in [0.717, 1.165) is 37.6 Å². The molecule has 0 radical (unpaired) electrons. The predicted octanol–water partition coefficient (Wildman–Crippen LogP) is 4.01. The zero-order chi connectivity index (χ0) is 22.1. The second kappa shape index (κ2) is 8.43. The Hall–Kier alpha value is -3.72. The number of halogens is 1. The molecule has 0 saturated carbocycles. The monoisotopic (exact) mass is 434 g/mol. The molecule has 0 amide bonds. The third-order valence-electron chi connectivity index (χ3n) is 5.78. The Kier molecular flexibility index (Phi) is 5.32. The van der Waals surface area contributed by atoms with Crippen LogP contribution in [0.5, 0.6) is 11.6 Å². The Morgan fingerprint density at radius 3 is 2.62 bits per heavy atom. The molecular weight excluding hydrogens is 411 g/mol. The molecule has 1 aliphatic rings. The van der Waals surface area contributed by atoms with E-state index in [-0.39, 0.29) is 17.9 Å². The van der Waals surface area contributed by atoms with Gasteiger partial charge in [-0.3, -0.25) is 4.90 Å². The zero-order valence-corrected chi connectivity index (χ0v) is 17.6. The molecule has 1 aliphatic heterocycles. The van der Waals surface area contributed by atoms with Gasteiger partial charge >= 0.3 is 0 Å². The van der Waals surface area contributed by atoms with E-state index in [1.807, 2.05) is 24.3 Å². The van der Waals surface area contributed by atoms with Gasteiger partial charge in [-0.2, -0.15) is 4.98 Å². The van der Waals surface area contributed by atoms with Gasteiger partial charge in [0.1, 0.15) is 18.0 Å². The van der Waals surface area contributed by atoms with E-state index in [1.54, 1.807) is 12.1 Å². The summed E-state index contributed by atoms with van der Waals surface area (Å²) in [6.45, 7) is 5.53. The van der Waals surface area contributed by atoms with Crippen LogP contribution in [0.3, 0.4) is 0 Å². The number of para-hydroxylation sites is 1. The Labute approximate surface area is 184 Å². The lowest BCUT2D eigenvalue weighted by atomic mass is 10.1. The van der Waals surface area contributed by atoms with Crippen molar-refractivity contribution in [2.45, 2.75) is 13.0 Å². The van der Waals surface area contributed by atoms with Crippen LogP contribution in [0.15, 0.2) is 59.3 Å². The van der Waals surface area contributed by atoms with Crippen LogP contribution in [0.4, 0.5) is 16.2 Å². The third-order valence-corrected chi connectivity index (χ3v) is 5.78. The first-order valence-electron chi connectivity index (χ1n) is 10.5. The number of oxazole rings is 1. The minimum absolute atomic E-state index is 0.0900. The molecule has 1 atom stereocenters. The van der Waals surface area contributed by atoms with Crippen LogP contribution >= 0.6 is 0 Å². The summed E-state index contributed by atoms with van der Waals surface area (Å²) < 4.78 is 24.5. The molecule has 0 unspecified atom stereocenters. The first-order chi connectivity index (χ1) is 15.6. The van der Waals surface area contributed by atoms with E-state index in [0.29, 0.717) is 22.7 Å². The summed E-state index contributed by atoms with van der Waals surface area (Å²) in [5, 5.41) is 0. The third kappa shape index (κ3) is 4.06. The van der Waals surface area contributed by atoms with Crippen molar-refractivity contribution in [2.24, 2.45) is 0 Å². The average molecular weight is 434 g/mol. The summed E-state index contributed by atoms with van der Waals surface area (Å²) in [6.07, 6.45) is 1.50. The van der Waals surface area contributed by atoms with Gasteiger partial charge in [0.15, 0.2) is 16.8 Å². The molecular formula is C23H23FN6O2. The van der Waals surface area contributed by atoms with Crippen molar-refractivity contribution in [3.05, 3.63) is 66.2 Å². The number of aromatic nitrogens is 3. The number of ether oxygens (including phenoxy) is 1. The van der Waals surface area contributed by atoms with Gasteiger partial charge in [-0.1, -0.05) is 18.2 Å². The van der Waals surface area contributed by atoms with Crippen LogP contribution in [0.1, 0.15) is 18.5 Å². The van der Waals surface area contributed by atoms with E-state index in [1.165, 1.54) is 18.5 Å². The lowest BCUT2D eigenvalue weighted by Gasteiger charge is -2.38. The van der Waals surface area contributed by atoms with Crippen molar-refractivity contribution in [2.75, 3.05) is 36.8 Å². The molecule has 1 fully saturated rings. The molecule has 9 heteroatoms. The fourth-order valence-corrected chi connectivity index (χ4v) is 3.98. The Balaban J connectivity index is 1.26. The first kappa shape index (κ1) is 20.2. The number of benzene rings is 2. The van der Waals surface area contributed by atoms with E-state index in [4.69, 9.17) is 14.9 Å². The number of nitrogens with two attached hydrogens (primary N) is 1. The Morgan fingerprint density at radius 1 is 1.06 bits per heavy atom. The summed E-state index contributed by atoms with van der Waals surface area (Å²) >= 11 is 0. The van der Waals surface area contributed by atoms with Crippen LogP contribution in [-0.4, -0.2) is 46.0 Å². The smallest absolute Gasteiger partial charge is 0.293 e. The standard InChI is InChI=1S/C23H23FN6O2/c1-15(16-5-7-17(24)8-6-16)29-9-11-30(12-10-29)20-13-21(27-14-26-20)31-18-3-2-4-19-22(18)28-23(25)32-19/h2-8,13-15H,9-12H2,1H3,(H2,25,28)/t15-/m0/s1. The number of nitrogens with zero attached hydrogens (tertiary/aromatic N) is 5. The molecule has 2 N–H and O–H groups in total. The Bertz CT molecular complexity index is 1220. The second-order valence-corrected chi connectivity index (χ2v) is 7.72. The van der Waals surface area contributed by atoms with Gasteiger partial charge < -0.3 is 19.8 Å². The molecule has 8 nitrogen and oxygen atoms in total. The van der Waals surface area contributed by atoms with Crippen molar-refractivity contribution < 1.29 is 13.5 Å². The van der Waals surface area contributed by atoms with Crippen LogP contribution in [0.25, 0.3) is 11.1 Å². The normalized spacial score (nSPS) is 15.8. The van der Waals surface area contributed by atoms with Gasteiger partial charge in [0.2, 0.25) is 5.88 Å². The number of rotatable bonds is 5. The minimum Gasteiger partial charge on any atom is -0.436 e. The fraction of sp³-hybridized carbons (Fsp3) is 0.261. The summed E-state index contributed by atoms with van der Waals surface area (Å²) in [5.41, 5.74) is 7.88. The van der Waals surface area contributed by atoms with Gasteiger partial charge in [-0.05, 0) is 36.8 Å². The molecule has 0 bridgehead atoms. The average Bonchev–Trinajstić information content (AvgIpc) is 3.21. The van der Waals surface area contributed by atoms with Gasteiger partial charge in [-0.25, -0.2) is 14.4 Å². The van der Waals surface area contributed by atoms with Crippen LogP contribution in [0.2, 0.25) is 0 Å². The molecule has 164 valence electrons. The van der Waals surface area contributed by atoms with E-state index in [9.17, 15) is 4.39 Å². The zero-order valence-electron chi connectivity index (χ0n) is 17.6. The summed E-state index contributed by atoms with van der Waals surface area (Å²) in [7, 11) is 0. The fourth-order valence-electron chi connectivity index (χ4n) is 3.98. The second-order valence-electron chi connectivity index (χ2n) is 7.72. The molecule has 0 aliphatic carbocycles. The molecule has 5 rings (SSSR count). The maximum absolute atomic E-state index is 13.2. The highest BCUT2D eigenvalue weighted by Crippen LogP contribution is 2.31. The topological polar surface area (TPSA) is 93.5 Å². The lowest BCUT2D eigenvalue weighted by molar-refractivity contribution is 0.198. The number of fused-ring (bicyclic) bond motifs is 1. The van der Waals surface area contributed by atoms with Gasteiger partial charge in [-0.15, -0.1) is 0 Å². The summed E-state index contributed by atoms with van der Waals surface area (Å²) in [4.78, 5) is 17.4. The maximum Gasteiger partial charge on any atom is 0.293 e. The van der Waals surface area contributed by atoms with Crippen molar-refractivity contribution >= 4 is 22.9 Å². The highest BCUT2D eigenvalue weighted by molar-refractivity contribution is 5.81. The number of hydrogen-bond acceptors (Lipinski definition) is 8. The summed E-state index contributed by atoms with van der Waals surface area (Å²) in [6, 6.07) is 14.2. The van der Waals surface area contributed by atoms with Crippen LogP contribution in [-0.2, 0) is 0 Å². The van der Waals surface area contributed by atoms with Crippen LogP contribution < -0.4 is 15.4 Å². The maximum atomic E-state index is 13.2. The number of hydrogen-bond donors (Lipinski definition) is 1. The van der Waals surface area contributed by atoms with E-state index in [2.05, 4.69) is 31.7 Å².